The molecule has 5 nitrogen and oxygen atoms in total. The largest absolute Gasteiger partial charge is 0.399 e. The Balaban J connectivity index is 3.06. The van der Waals surface area contributed by atoms with E-state index in [0.717, 1.165) is 0 Å². The van der Waals surface area contributed by atoms with Crippen LogP contribution in [0.3, 0.4) is 0 Å². The lowest BCUT2D eigenvalue weighted by Gasteiger charge is -2.21. The van der Waals surface area contributed by atoms with Crippen molar-refractivity contribution in [2.24, 2.45) is 0 Å². The van der Waals surface area contributed by atoms with Crippen LogP contribution in [0.25, 0.3) is 0 Å². The van der Waals surface area contributed by atoms with E-state index in [9.17, 15) is 13.5 Å². The van der Waals surface area contributed by atoms with Gasteiger partial charge in [0.05, 0.1) is 12.7 Å². The fraction of sp³-hybridized carbons (Fsp3) is 0.455. The first-order valence-corrected chi connectivity index (χ1v) is 6.99. The van der Waals surface area contributed by atoms with E-state index >= 15 is 0 Å². The molecule has 0 aromatic heterocycles. The number of aliphatic hydroxyl groups excluding tert-OH is 2. The molecular weight excluding hydrogens is 242 g/mol. The molecule has 2 unspecified atom stereocenters. The monoisotopic (exact) mass is 259 g/mol. The molecule has 1 rings (SSSR count). The molecule has 0 radical (unpaired) electrons. The average molecular weight is 259 g/mol. The van der Waals surface area contributed by atoms with Gasteiger partial charge in [0.25, 0.3) is 0 Å². The SMILES string of the molecule is CCS(=O)(=O)C(CO)C(O)c1cccc(N)c1. The minimum absolute atomic E-state index is 0.127. The van der Waals surface area contributed by atoms with E-state index in [4.69, 9.17) is 10.8 Å². The Morgan fingerprint density at radius 1 is 1.41 bits per heavy atom. The number of sulfone groups is 1. The maximum absolute atomic E-state index is 11.7. The summed E-state index contributed by atoms with van der Waals surface area (Å²) in [6, 6.07) is 6.34. The second-order valence-electron chi connectivity index (χ2n) is 3.79. The van der Waals surface area contributed by atoms with Gasteiger partial charge in [-0.25, -0.2) is 8.42 Å². The van der Waals surface area contributed by atoms with Gasteiger partial charge in [0.15, 0.2) is 9.84 Å². The van der Waals surface area contributed by atoms with Gasteiger partial charge in [0.1, 0.15) is 5.25 Å². The molecule has 0 spiro atoms. The van der Waals surface area contributed by atoms with Crippen LogP contribution in [-0.4, -0.2) is 36.2 Å². The number of hydrogen-bond donors (Lipinski definition) is 3. The molecule has 0 saturated heterocycles. The molecule has 17 heavy (non-hydrogen) atoms. The summed E-state index contributed by atoms with van der Waals surface area (Å²) in [5, 5.41) is 17.9. The number of nitrogens with two attached hydrogens (primary N) is 1. The van der Waals surface area contributed by atoms with Crippen LogP contribution in [0.5, 0.6) is 0 Å². The van der Waals surface area contributed by atoms with Crippen molar-refractivity contribution in [1.82, 2.24) is 0 Å². The summed E-state index contributed by atoms with van der Waals surface area (Å²) in [6.45, 7) is 0.857. The Morgan fingerprint density at radius 3 is 2.53 bits per heavy atom. The molecular formula is C11H17NO4S. The normalized spacial score (nSPS) is 15.5. The summed E-state index contributed by atoms with van der Waals surface area (Å²) in [6.07, 6.45) is -1.27. The molecule has 0 aliphatic rings. The van der Waals surface area contributed by atoms with Crippen molar-refractivity contribution in [2.45, 2.75) is 18.3 Å². The van der Waals surface area contributed by atoms with Gasteiger partial charge in [-0.1, -0.05) is 19.1 Å². The molecule has 4 N–H and O–H groups in total. The summed E-state index contributed by atoms with van der Waals surface area (Å²) in [5.74, 6) is -0.127. The quantitative estimate of drug-likeness (QED) is 0.651. The Bertz CT molecular complexity index is 472. The van der Waals surface area contributed by atoms with Crippen LogP contribution in [0.4, 0.5) is 5.69 Å². The van der Waals surface area contributed by atoms with Gasteiger partial charge in [0, 0.05) is 11.4 Å². The van der Waals surface area contributed by atoms with E-state index in [1.807, 2.05) is 0 Å². The highest BCUT2D eigenvalue weighted by molar-refractivity contribution is 7.92. The zero-order chi connectivity index (χ0) is 13.1. The van der Waals surface area contributed by atoms with Gasteiger partial charge in [-0.15, -0.1) is 0 Å². The number of hydrogen-bond acceptors (Lipinski definition) is 5. The van der Waals surface area contributed by atoms with Gasteiger partial charge < -0.3 is 15.9 Å². The lowest BCUT2D eigenvalue weighted by Crippen LogP contribution is -2.33. The molecule has 0 aliphatic carbocycles. The van der Waals surface area contributed by atoms with E-state index < -0.39 is 27.8 Å². The summed E-state index contributed by atoms with van der Waals surface area (Å²) < 4.78 is 23.4. The van der Waals surface area contributed by atoms with E-state index in [-0.39, 0.29) is 5.75 Å². The van der Waals surface area contributed by atoms with Crippen LogP contribution in [-0.2, 0) is 9.84 Å². The third kappa shape index (κ3) is 3.18. The first-order chi connectivity index (χ1) is 7.92. The van der Waals surface area contributed by atoms with Crippen molar-refractivity contribution in [2.75, 3.05) is 18.1 Å². The van der Waals surface area contributed by atoms with Crippen LogP contribution < -0.4 is 5.73 Å². The fourth-order valence-corrected chi connectivity index (χ4v) is 2.79. The summed E-state index contributed by atoms with van der Waals surface area (Å²) in [5.41, 5.74) is 6.38. The first kappa shape index (κ1) is 14.0. The zero-order valence-corrected chi connectivity index (χ0v) is 10.4. The lowest BCUT2D eigenvalue weighted by molar-refractivity contribution is 0.138. The molecule has 0 aliphatic heterocycles. The topological polar surface area (TPSA) is 101 Å². The molecule has 1 aromatic carbocycles. The standard InChI is InChI=1S/C11H17NO4S/c1-2-17(15,16)10(7-13)11(14)8-4-3-5-9(12)6-8/h3-6,10-11,13-14H,2,7,12H2,1H3. The second-order valence-corrected chi connectivity index (χ2v) is 6.30. The first-order valence-electron chi connectivity index (χ1n) is 5.28. The average Bonchev–Trinajstić information content (AvgIpc) is 2.29. The van der Waals surface area contributed by atoms with Crippen LogP contribution in [0.1, 0.15) is 18.6 Å². The van der Waals surface area contributed by atoms with E-state index in [1.165, 1.54) is 13.0 Å². The van der Waals surface area contributed by atoms with Crippen molar-refractivity contribution in [3.05, 3.63) is 29.8 Å². The highest BCUT2D eigenvalue weighted by atomic mass is 32.2. The Hall–Kier alpha value is -1.11. The molecule has 0 saturated carbocycles. The highest BCUT2D eigenvalue weighted by Gasteiger charge is 2.31. The summed E-state index contributed by atoms with van der Waals surface area (Å²) in [4.78, 5) is 0. The Kier molecular flexibility index (Phi) is 4.50. The molecule has 6 heteroatoms. The molecule has 0 heterocycles. The number of aliphatic hydroxyl groups is 2. The molecule has 0 amide bonds. The lowest BCUT2D eigenvalue weighted by atomic mass is 10.1. The number of rotatable bonds is 5. The fourth-order valence-electron chi connectivity index (χ4n) is 1.58. The molecule has 0 bridgehead atoms. The van der Waals surface area contributed by atoms with Gasteiger partial charge >= 0.3 is 0 Å². The van der Waals surface area contributed by atoms with Gasteiger partial charge in [-0.2, -0.15) is 0 Å². The van der Waals surface area contributed by atoms with Crippen LogP contribution in [0.2, 0.25) is 0 Å². The Labute approximate surface area is 101 Å². The van der Waals surface area contributed by atoms with Crippen LogP contribution in [0, 0.1) is 0 Å². The molecule has 96 valence electrons. The smallest absolute Gasteiger partial charge is 0.158 e. The maximum atomic E-state index is 11.7. The number of anilines is 1. The summed E-state index contributed by atoms with van der Waals surface area (Å²) >= 11 is 0. The molecule has 1 aromatic rings. The predicted molar refractivity (Wildman–Crippen MR) is 66.1 cm³/mol. The molecule has 0 fully saturated rings. The van der Waals surface area contributed by atoms with Gasteiger partial charge in [-0.05, 0) is 17.7 Å². The van der Waals surface area contributed by atoms with Crippen molar-refractivity contribution in [3.63, 3.8) is 0 Å². The second kappa shape index (κ2) is 5.48. The minimum atomic E-state index is -3.51. The van der Waals surface area contributed by atoms with E-state index in [2.05, 4.69) is 0 Å². The van der Waals surface area contributed by atoms with Gasteiger partial charge in [0.2, 0.25) is 0 Å². The van der Waals surface area contributed by atoms with E-state index in [1.54, 1.807) is 18.2 Å². The van der Waals surface area contributed by atoms with Crippen molar-refractivity contribution >= 4 is 15.5 Å². The third-order valence-electron chi connectivity index (χ3n) is 2.65. The van der Waals surface area contributed by atoms with E-state index in [0.29, 0.717) is 11.3 Å². The van der Waals surface area contributed by atoms with Crippen molar-refractivity contribution < 1.29 is 18.6 Å². The zero-order valence-electron chi connectivity index (χ0n) is 9.57. The third-order valence-corrected chi connectivity index (χ3v) is 4.78. The minimum Gasteiger partial charge on any atom is -0.399 e. The molecule has 2 atom stereocenters. The highest BCUT2D eigenvalue weighted by Crippen LogP contribution is 2.23. The number of benzene rings is 1. The number of nitrogen functional groups attached to an aromatic ring is 1. The van der Waals surface area contributed by atoms with Crippen LogP contribution in [0.15, 0.2) is 24.3 Å². The maximum Gasteiger partial charge on any atom is 0.158 e. The predicted octanol–water partition coefficient (Wildman–Crippen LogP) is 0.0978. The Morgan fingerprint density at radius 2 is 2.06 bits per heavy atom. The summed E-state index contributed by atoms with van der Waals surface area (Å²) in [7, 11) is -3.51. The van der Waals surface area contributed by atoms with Crippen LogP contribution >= 0.6 is 0 Å². The van der Waals surface area contributed by atoms with Crippen molar-refractivity contribution in [1.29, 1.82) is 0 Å². The van der Waals surface area contributed by atoms with Gasteiger partial charge in [-0.3, -0.25) is 0 Å². The van der Waals surface area contributed by atoms with Crippen molar-refractivity contribution in [3.8, 4) is 0 Å².